The molecule has 0 saturated carbocycles. The van der Waals surface area contributed by atoms with Crippen molar-refractivity contribution in [1.29, 1.82) is 0 Å². The van der Waals surface area contributed by atoms with Gasteiger partial charge in [-0.3, -0.25) is 0 Å². The molecule has 6 heteroatoms. The van der Waals surface area contributed by atoms with E-state index in [9.17, 15) is 4.39 Å². The summed E-state index contributed by atoms with van der Waals surface area (Å²) in [5.41, 5.74) is 6.27. The Balaban J connectivity index is 0.00000128. The maximum atomic E-state index is 12.7. The molecule has 0 amide bonds. The van der Waals surface area contributed by atoms with E-state index in [0.29, 0.717) is 17.3 Å². The lowest BCUT2D eigenvalue weighted by Gasteiger charge is -1.94. The molecule has 0 fully saturated rings. The molecular formula is C10H11ClFN3O. The Morgan fingerprint density at radius 1 is 1.31 bits per heavy atom. The number of nitrogens with two attached hydrogens (primary N) is 1. The molecule has 1 atom stereocenters. The Kier molecular flexibility index (Phi) is 3.98. The molecule has 1 unspecified atom stereocenters. The van der Waals surface area contributed by atoms with Crippen LogP contribution in [0.25, 0.3) is 11.4 Å². The SMILES string of the molecule is CC(N)c1nc(-c2ccc(F)cc2)no1.Cl. The molecule has 86 valence electrons. The van der Waals surface area contributed by atoms with E-state index in [1.807, 2.05) is 0 Å². The van der Waals surface area contributed by atoms with Gasteiger partial charge in [0, 0.05) is 5.56 Å². The summed E-state index contributed by atoms with van der Waals surface area (Å²) in [5.74, 6) is 0.492. The van der Waals surface area contributed by atoms with Crippen LogP contribution in [-0.2, 0) is 0 Å². The van der Waals surface area contributed by atoms with Crippen molar-refractivity contribution in [3.63, 3.8) is 0 Å². The van der Waals surface area contributed by atoms with Gasteiger partial charge in [0.15, 0.2) is 0 Å². The van der Waals surface area contributed by atoms with E-state index in [1.54, 1.807) is 19.1 Å². The standard InChI is InChI=1S/C10H10FN3O.ClH/c1-6(12)10-13-9(14-15-10)7-2-4-8(11)5-3-7;/h2-6H,12H2,1H3;1H. The lowest BCUT2D eigenvalue weighted by Crippen LogP contribution is -2.04. The van der Waals surface area contributed by atoms with Crippen molar-refractivity contribution in [1.82, 2.24) is 10.1 Å². The fourth-order valence-corrected chi connectivity index (χ4v) is 1.14. The van der Waals surface area contributed by atoms with Gasteiger partial charge in [-0.1, -0.05) is 5.16 Å². The zero-order chi connectivity index (χ0) is 10.8. The zero-order valence-electron chi connectivity index (χ0n) is 8.55. The summed E-state index contributed by atoms with van der Waals surface area (Å²) in [6.45, 7) is 1.75. The van der Waals surface area contributed by atoms with Crippen LogP contribution in [0.15, 0.2) is 28.8 Å². The van der Waals surface area contributed by atoms with Crippen LogP contribution in [0.1, 0.15) is 18.9 Å². The topological polar surface area (TPSA) is 64.9 Å². The quantitative estimate of drug-likeness (QED) is 0.879. The molecule has 0 bridgehead atoms. The van der Waals surface area contributed by atoms with Crippen molar-refractivity contribution in [3.8, 4) is 11.4 Å². The lowest BCUT2D eigenvalue weighted by molar-refractivity contribution is 0.362. The Bertz CT molecular complexity index is 455. The Morgan fingerprint density at radius 2 is 1.94 bits per heavy atom. The van der Waals surface area contributed by atoms with Crippen molar-refractivity contribution < 1.29 is 8.91 Å². The van der Waals surface area contributed by atoms with E-state index in [0.717, 1.165) is 0 Å². The third kappa shape index (κ3) is 2.56. The van der Waals surface area contributed by atoms with Crippen LogP contribution in [0.3, 0.4) is 0 Å². The van der Waals surface area contributed by atoms with Gasteiger partial charge < -0.3 is 10.3 Å². The monoisotopic (exact) mass is 243 g/mol. The van der Waals surface area contributed by atoms with E-state index in [-0.39, 0.29) is 24.3 Å². The molecule has 16 heavy (non-hydrogen) atoms. The third-order valence-corrected chi connectivity index (χ3v) is 1.93. The van der Waals surface area contributed by atoms with Crippen molar-refractivity contribution in [2.45, 2.75) is 13.0 Å². The minimum Gasteiger partial charge on any atom is -0.337 e. The van der Waals surface area contributed by atoms with Crippen LogP contribution in [0.5, 0.6) is 0 Å². The highest BCUT2D eigenvalue weighted by Crippen LogP contribution is 2.17. The molecule has 0 aliphatic rings. The van der Waals surface area contributed by atoms with Crippen LogP contribution in [-0.4, -0.2) is 10.1 Å². The molecule has 1 aromatic heterocycles. The molecule has 2 aromatic rings. The number of hydrogen-bond donors (Lipinski definition) is 1. The van der Waals surface area contributed by atoms with Crippen molar-refractivity contribution in [2.24, 2.45) is 5.73 Å². The second-order valence-corrected chi connectivity index (χ2v) is 3.25. The van der Waals surface area contributed by atoms with Gasteiger partial charge in [0.1, 0.15) is 5.82 Å². The summed E-state index contributed by atoms with van der Waals surface area (Å²) in [6.07, 6.45) is 0. The zero-order valence-corrected chi connectivity index (χ0v) is 9.37. The van der Waals surface area contributed by atoms with Crippen LogP contribution in [0.4, 0.5) is 4.39 Å². The molecule has 4 nitrogen and oxygen atoms in total. The van der Waals surface area contributed by atoms with Gasteiger partial charge in [-0.05, 0) is 31.2 Å². The maximum Gasteiger partial charge on any atom is 0.243 e. The molecule has 0 aliphatic carbocycles. The van der Waals surface area contributed by atoms with Gasteiger partial charge in [0.25, 0.3) is 0 Å². The van der Waals surface area contributed by atoms with Crippen LogP contribution in [0.2, 0.25) is 0 Å². The summed E-state index contributed by atoms with van der Waals surface area (Å²) in [5, 5.41) is 3.75. The largest absolute Gasteiger partial charge is 0.337 e. The van der Waals surface area contributed by atoms with Crippen LogP contribution in [0, 0.1) is 5.82 Å². The number of halogens is 2. The average molecular weight is 244 g/mol. The number of nitrogens with zero attached hydrogens (tertiary/aromatic N) is 2. The predicted molar refractivity (Wildman–Crippen MR) is 59.5 cm³/mol. The molecule has 2 rings (SSSR count). The molecule has 1 aromatic carbocycles. The lowest BCUT2D eigenvalue weighted by atomic mass is 10.2. The Hall–Kier alpha value is -1.46. The van der Waals surface area contributed by atoms with E-state index in [2.05, 4.69) is 10.1 Å². The van der Waals surface area contributed by atoms with Crippen molar-refractivity contribution >= 4 is 12.4 Å². The highest BCUT2D eigenvalue weighted by molar-refractivity contribution is 5.85. The van der Waals surface area contributed by atoms with Gasteiger partial charge in [-0.2, -0.15) is 4.98 Å². The van der Waals surface area contributed by atoms with Gasteiger partial charge >= 0.3 is 0 Å². The number of benzene rings is 1. The van der Waals surface area contributed by atoms with E-state index in [1.165, 1.54) is 12.1 Å². The number of rotatable bonds is 2. The van der Waals surface area contributed by atoms with E-state index >= 15 is 0 Å². The first-order valence-electron chi connectivity index (χ1n) is 4.52. The Labute approximate surface area is 98.1 Å². The average Bonchev–Trinajstić information content (AvgIpc) is 2.68. The third-order valence-electron chi connectivity index (χ3n) is 1.93. The van der Waals surface area contributed by atoms with Crippen molar-refractivity contribution in [2.75, 3.05) is 0 Å². The highest BCUT2D eigenvalue weighted by atomic mass is 35.5. The Morgan fingerprint density at radius 3 is 2.44 bits per heavy atom. The van der Waals surface area contributed by atoms with Gasteiger partial charge in [-0.15, -0.1) is 12.4 Å². The molecule has 0 radical (unpaired) electrons. The van der Waals surface area contributed by atoms with Crippen LogP contribution < -0.4 is 5.73 Å². The minimum absolute atomic E-state index is 0. The number of aromatic nitrogens is 2. The number of hydrogen-bond acceptors (Lipinski definition) is 4. The van der Waals surface area contributed by atoms with Gasteiger partial charge in [0.05, 0.1) is 6.04 Å². The van der Waals surface area contributed by atoms with Crippen LogP contribution >= 0.6 is 12.4 Å². The first-order valence-corrected chi connectivity index (χ1v) is 4.52. The highest BCUT2D eigenvalue weighted by Gasteiger charge is 2.11. The molecule has 0 spiro atoms. The summed E-state index contributed by atoms with van der Waals surface area (Å²) in [6, 6.07) is 5.57. The first kappa shape index (κ1) is 12.6. The van der Waals surface area contributed by atoms with Gasteiger partial charge in [-0.25, -0.2) is 4.39 Å². The van der Waals surface area contributed by atoms with E-state index < -0.39 is 0 Å². The smallest absolute Gasteiger partial charge is 0.243 e. The summed E-state index contributed by atoms with van der Waals surface area (Å²) in [4.78, 5) is 4.08. The van der Waals surface area contributed by atoms with Gasteiger partial charge in [0.2, 0.25) is 11.7 Å². The van der Waals surface area contributed by atoms with E-state index in [4.69, 9.17) is 10.3 Å². The predicted octanol–water partition coefficient (Wildman–Crippen LogP) is 2.32. The first-order chi connectivity index (χ1) is 7.16. The molecule has 1 heterocycles. The molecule has 0 saturated heterocycles. The second-order valence-electron chi connectivity index (χ2n) is 3.25. The fraction of sp³-hybridized carbons (Fsp3) is 0.200. The normalized spacial score (nSPS) is 11.9. The molecule has 0 aliphatic heterocycles. The maximum absolute atomic E-state index is 12.7. The summed E-state index contributed by atoms with van der Waals surface area (Å²) in [7, 11) is 0. The molecule has 2 N–H and O–H groups in total. The molecular weight excluding hydrogens is 233 g/mol. The second kappa shape index (κ2) is 5.05. The van der Waals surface area contributed by atoms with Crippen molar-refractivity contribution in [3.05, 3.63) is 36.0 Å². The fourth-order valence-electron chi connectivity index (χ4n) is 1.14. The minimum atomic E-state index is -0.299. The summed E-state index contributed by atoms with van der Waals surface area (Å²) < 4.78 is 17.6. The summed E-state index contributed by atoms with van der Waals surface area (Å²) >= 11 is 0.